The summed E-state index contributed by atoms with van der Waals surface area (Å²) in [4.78, 5) is 23.9. The van der Waals surface area contributed by atoms with E-state index >= 15 is 0 Å². The summed E-state index contributed by atoms with van der Waals surface area (Å²) in [6, 6.07) is 2.57. The molecule has 0 aliphatic carbocycles. The number of hydrogen-bond acceptors (Lipinski definition) is 2. The van der Waals surface area contributed by atoms with Crippen LogP contribution in [0.15, 0.2) is 22.7 Å². The minimum atomic E-state index is -1.20. The Morgan fingerprint density at radius 3 is 2.56 bits per heavy atom. The van der Waals surface area contributed by atoms with Crippen LogP contribution < -0.4 is 0 Å². The summed E-state index contributed by atoms with van der Waals surface area (Å²) in [5.41, 5.74) is 0.222. The third-order valence-electron chi connectivity index (χ3n) is 2.54. The molecule has 1 unspecified atom stereocenters. The Kier molecular flexibility index (Phi) is 4.84. The molecule has 1 atom stereocenters. The zero-order valence-corrected chi connectivity index (χ0v) is 11.6. The highest BCUT2D eigenvalue weighted by atomic mass is 79.9. The average Bonchev–Trinajstić information content (AvgIpc) is 2.28. The number of nitrogens with zero attached hydrogens (tertiary/aromatic N) is 1. The third-order valence-corrected chi connectivity index (χ3v) is 3.27. The van der Waals surface area contributed by atoms with Crippen LogP contribution in [0, 0.1) is 5.82 Å². The number of halogens is 2. The lowest BCUT2D eigenvalue weighted by atomic mass is 10.1. The van der Waals surface area contributed by atoms with Crippen molar-refractivity contribution >= 4 is 27.8 Å². The van der Waals surface area contributed by atoms with E-state index in [0.717, 1.165) is 6.07 Å². The van der Waals surface area contributed by atoms with Crippen molar-refractivity contribution in [2.45, 2.75) is 19.9 Å². The van der Waals surface area contributed by atoms with Gasteiger partial charge >= 0.3 is 5.97 Å². The third kappa shape index (κ3) is 3.07. The van der Waals surface area contributed by atoms with Crippen molar-refractivity contribution in [1.29, 1.82) is 0 Å². The smallest absolute Gasteiger partial charge is 0.331 e. The zero-order valence-electron chi connectivity index (χ0n) is 9.98. The molecule has 6 heteroatoms. The van der Waals surface area contributed by atoms with Gasteiger partial charge in [-0.2, -0.15) is 0 Å². The Labute approximate surface area is 113 Å². The summed E-state index contributed by atoms with van der Waals surface area (Å²) in [5.74, 6) is -2.11. The van der Waals surface area contributed by atoms with Crippen molar-refractivity contribution in [2.75, 3.05) is 6.54 Å². The first-order chi connectivity index (χ1) is 8.38. The Balaban J connectivity index is 3.31. The van der Waals surface area contributed by atoms with Crippen LogP contribution in [0.5, 0.6) is 0 Å². The Hall–Kier alpha value is -1.43. The molecule has 1 amide bonds. The molecule has 0 fully saturated rings. The summed E-state index contributed by atoms with van der Waals surface area (Å²) in [6.45, 7) is 3.19. The van der Waals surface area contributed by atoms with Crippen LogP contribution in [-0.4, -0.2) is 28.4 Å². The summed E-state index contributed by atoms with van der Waals surface area (Å²) in [6.07, 6.45) is 0. The number of rotatable bonds is 4. The molecule has 0 aliphatic rings. The van der Waals surface area contributed by atoms with Crippen LogP contribution in [0.3, 0.4) is 0 Å². The maximum absolute atomic E-state index is 13.2. The molecule has 1 rings (SSSR count). The van der Waals surface area contributed by atoms with E-state index in [9.17, 15) is 19.1 Å². The number of carbonyl (C=O) groups is 2. The van der Waals surface area contributed by atoms with Crippen molar-refractivity contribution in [2.24, 2.45) is 0 Å². The molecule has 18 heavy (non-hydrogen) atoms. The van der Waals surface area contributed by atoms with E-state index in [4.69, 9.17) is 0 Å². The molecule has 0 aromatic heterocycles. The maximum atomic E-state index is 13.2. The number of carboxylic acid groups (broad SMARTS) is 1. The zero-order chi connectivity index (χ0) is 13.9. The first-order valence-corrected chi connectivity index (χ1v) is 6.12. The normalized spacial score (nSPS) is 12.0. The molecule has 0 spiro atoms. The van der Waals surface area contributed by atoms with Gasteiger partial charge in [-0.1, -0.05) is 15.9 Å². The fourth-order valence-corrected chi connectivity index (χ4v) is 2.21. The first-order valence-electron chi connectivity index (χ1n) is 5.33. The molecule has 98 valence electrons. The second kappa shape index (κ2) is 5.95. The van der Waals surface area contributed by atoms with Gasteiger partial charge in [-0.25, -0.2) is 9.18 Å². The van der Waals surface area contributed by atoms with Crippen LogP contribution >= 0.6 is 15.9 Å². The Morgan fingerprint density at radius 1 is 1.50 bits per heavy atom. The lowest BCUT2D eigenvalue weighted by Gasteiger charge is -2.27. The molecule has 1 aromatic rings. The average molecular weight is 318 g/mol. The van der Waals surface area contributed by atoms with Gasteiger partial charge < -0.3 is 10.0 Å². The Bertz CT molecular complexity index is 478. The highest BCUT2D eigenvalue weighted by Crippen LogP contribution is 2.29. The van der Waals surface area contributed by atoms with Gasteiger partial charge in [0.25, 0.3) is 0 Å². The predicted molar refractivity (Wildman–Crippen MR) is 67.5 cm³/mol. The molecular formula is C12H13BrFNO3. The number of aliphatic carboxylic acids is 1. The van der Waals surface area contributed by atoms with Crippen molar-refractivity contribution < 1.29 is 19.1 Å². The number of carboxylic acids is 1. The summed E-state index contributed by atoms with van der Waals surface area (Å²) in [7, 11) is 0. The van der Waals surface area contributed by atoms with Gasteiger partial charge in [0, 0.05) is 23.5 Å². The second-order valence-corrected chi connectivity index (χ2v) is 4.57. The van der Waals surface area contributed by atoms with Gasteiger partial charge in [0.1, 0.15) is 5.82 Å². The lowest BCUT2D eigenvalue weighted by molar-refractivity contribution is -0.149. The number of carbonyl (C=O) groups excluding carboxylic acids is 1. The number of hydrogen-bond donors (Lipinski definition) is 1. The van der Waals surface area contributed by atoms with E-state index in [-0.39, 0.29) is 18.0 Å². The van der Waals surface area contributed by atoms with E-state index in [2.05, 4.69) is 15.9 Å². The fraction of sp³-hybridized carbons (Fsp3) is 0.333. The van der Waals surface area contributed by atoms with Gasteiger partial charge in [0.2, 0.25) is 5.91 Å². The van der Waals surface area contributed by atoms with Crippen LogP contribution in [0.1, 0.15) is 25.5 Å². The van der Waals surface area contributed by atoms with E-state index in [1.165, 1.54) is 24.0 Å². The Morgan fingerprint density at radius 2 is 2.11 bits per heavy atom. The standard InChI is InChI=1S/C12H13BrFNO3/c1-3-15(7(2)16)11(12(17)18)9-6-8(14)4-5-10(9)13/h4-6,11H,3H2,1-2H3,(H,17,18). The van der Waals surface area contributed by atoms with Crippen molar-refractivity contribution in [3.05, 3.63) is 34.1 Å². The van der Waals surface area contributed by atoms with Crippen molar-refractivity contribution in [1.82, 2.24) is 4.90 Å². The highest BCUT2D eigenvalue weighted by molar-refractivity contribution is 9.10. The van der Waals surface area contributed by atoms with Crippen molar-refractivity contribution in [3.8, 4) is 0 Å². The topological polar surface area (TPSA) is 57.6 Å². The second-order valence-electron chi connectivity index (χ2n) is 3.71. The van der Waals surface area contributed by atoms with Gasteiger partial charge in [-0.05, 0) is 25.1 Å². The first kappa shape index (κ1) is 14.6. The monoisotopic (exact) mass is 317 g/mol. The molecule has 0 aliphatic heterocycles. The SMILES string of the molecule is CCN(C(C)=O)C(C(=O)O)c1cc(F)ccc1Br. The largest absolute Gasteiger partial charge is 0.479 e. The van der Waals surface area contributed by atoms with Crippen LogP contribution in [0.4, 0.5) is 4.39 Å². The highest BCUT2D eigenvalue weighted by Gasteiger charge is 2.30. The van der Waals surface area contributed by atoms with Crippen LogP contribution in [0.2, 0.25) is 0 Å². The van der Waals surface area contributed by atoms with Crippen LogP contribution in [0.25, 0.3) is 0 Å². The van der Waals surface area contributed by atoms with E-state index < -0.39 is 17.8 Å². The fourth-order valence-electron chi connectivity index (χ4n) is 1.75. The van der Waals surface area contributed by atoms with Gasteiger partial charge in [-0.15, -0.1) is 0 Å². The molecule has 0 saturated carbocycles. The minimum absolute atomic E-state index is 0.222. The van der Waals surface area contributed by atoms with E-state index in [1.54, 1.807) is 6.92 Å². The van der Waals surface area contributed by atoms with Gasteiger partial charge in [-0.3, -0.25) is 4.79 Å². The maximum Gasteiger partial charge on any atom is 0.331 e. The lowest BCUT2D eigenvalue weighted by Crippen LogP contribution is -2.37. The molecule has 1 N–H and O–H groups in total. The quantitative estimate of drug-likeness (QED) is 0.928. The number of amides is 1. The number of benzene rings is 1. The summed E-state index contributed by atoms with van der Waals surface area (Å²) >= 11 is 3.18. The molecule has 0 radical (unpaired) electrons. The minimum Gasteiger partial charge on any atom is -0.479 e. The molecule has 1 aromatic carbocycles. The molecular weight excluding hydrogens is 305 g/mol. The molecule has 0 bridgehead atoms. The number of likely N-dealkylation sites (N-methyl/N-ethyl adjacent to an activating group) is 1. The predicted octanol–water partition coefficient (Wildman–Crippen LogP) is 2.58. The van der Waals surface area contributed by atoms with Gasteiger partial charge in [0.05, 0.1) is 0 Å². The van der Waals surface area contributed by atoms with E-state index in [1.807, 2.05) is 0 Å². The van der Waals surface area contributed by atoms with E-state index in [0.29, 0.717) is 4.47 Å². The molecule has 0 heterocycles. The van der Waals surface area contributed by atoms with Crippen LogP contribution in [-0.2, 0) is 9.59 Å². The van der Waals surface area contributed by atoms with Crippen molar-refractivity contribution in [3.63, 3.8) is 0 Å². The summed E-state index contributed by atoms with van der Waals surface area (Å²) < 4.78 is 13.7. The van der Waals surface area contributed by atoms with Gasteiger partial charge in [0.15, 0.2) is 6.04 Å². The molecule has 0 saturated heterocycles. The molecule has 4 nitrogen and oxygen atoms in total. The summed E-state index contributed by atoms with van der Waals surface area (Å²) in [5, 5.41) is 9.26.